The molecule has 1 N–H and O–H groups in total. The van der Waals surface area contributed by atoms with Gasteiger partial charge in [-0.2, -0.15) is 0 Å². The van der Waals surface area contributed by atoms with Crippen LogP contribution in [0, 0.1) is 0 Å². The van der Waals surface area contributed by atoms with Gasteiger partial charge in [0.1, 0.15) is 5.75 Å². The van der Waals surface area contributed by atoms with Crippen molar-refractivity contribution >= 4 is 10.8 Å². The lowest BCUT2D eigenvalue weighted by molar-refractivity contribution is 0.414. The number of hydrogen-bond acceptors (Lipinski definition) is 3. The first kappa shape index (κ1) is 13.6. The van der Waals surface area contributed by atoms with E-state index in [-0.39, 0.29) is 6.04 Å². The number of ether oxygens (including phenoxy) is 1. The lowest BCUT2D eigenvalue weighted by Gasteiger charge is -2.19. The number of rotatable bonds is 4. The molecule has 0 aliphatic heterocycles. The number of nitrogens with one attached hydrogen (secondary N) is 1. The molecule has 3 rings (SSSR count). The smallest absolute Gasteiger partial charge is 0.119 e. The Morgan fingerprint density at radius 2 is 1.95 bits per heavy atom. The summed E-state index contributed by atoms with van der Waals surface area (Å²) in [6.07, 6.45) is 3.75. The molecule has 21 heavy (non-hydrogen) atoms. The van der Waals surface area contributed by atoms with Gasteiger partial charge in [0.25, 0.3) is 0 Å². The number of hydrogen-bond donors (Lipinski definition) is 1. The van der Waals surface area contributed by atoms with Crippen molar-refractivity contribution in [1.82, 2.24) is 10.3 Å². The third-order valence-electron chi connectivity index (χ3n) is 3.74. The predicted molar refractivity (Wildman–Crippen MR) is 85.6 cm³/mol. The molecule has 0 spiro atoms. The van der Waals surface area contributed by atoms with Gasteiger partial charge in [-0.3, -0.25) is 4.98 Å². The van der Waals surface area contributed by atoms with E-state index in [1.165, 1.54) is 21.9 Å². The van der Waals surface area contributed by atoms with E-state index in [1.807, 2.05) is 37.6 Å². The topological polar surface area (TPSA) is 34.1 Å². The molecule has 106 valence electrons. The van der Waals surface area contributed by atoms with E-state index < -0.39 is 0 Å². The van der Waals surface area contributed by atoms with Crippen molar-refractivity contribution in [2.24, 2.45) is 0 Å². The Hall–Kier alpha value is -2.39. The summed E-state index contributed by atoms with van der Waals surface area (Å²) in [5.74, 6) is 0.867. The summed E-state index contributed by atoms with van der Waals surface area (Å²) in [6.45, 7) is 0. The molecule has 1 unspecified atom stereocenters. The maximum absolute atomic E-state index is 5.33. The third kappa shape index (κ3) is 2.60. The molecular formula is C18H18N2O. The fourth-order valence-corrected chi connectivity index (χ4v) is 2.71. The van der Waals surface area contributed by atoms with Gasteiger partial charge < -0.3 is 10.1 Å². The Labute approximate surface area is 124 Å². The van der Waals surface area contributed by atoms with E-state index >= 15 is 0 Å². The Morgan fingerprint density at radius 1 is 1.10 bits per heavy atom. The van der Waals surface area contributed by atoms with Crippen LogP contribution >= 0.6 is 0 Å². The number of fused-ring (bicyclic) bond motifs is 1. The maximum atomic E-state index is 5.33. The van der Waals surface area contributed by atoms with Gasteiger partial charge in [0.2, 0.25) is 0 Å². The first-order valence-electron chi connectivity index (χ1n) is 6.97. The van der Waals surface area contributed by atoms with Gasteiger partial charge in [-0.05, 0) is 41.8 Å². The van der Waals surface area contributed by atoms with Gasteiger partial charge in [0, 0.05) is 17.8 Å². The minimum absolute atomic E-state index is 0.105. The van der Waals surface area contributed by atoms with Crippen molar-refractivity contribution in [3.63, 3.8) is 0 Å². The van der Waals surface area contributed by atoms with E-state index in [1.54, 1.807) is 7.11 Å². The standard InChI is InChI=1S/C18H18N2O/c1-19-18(14-6-3-7-15(11-14)21-2)16-8-4-5-13-9-10-20-12-17(13)16/h3-12,18-19H,1-2H3. The molecule has 0 bridgehead atoms. The highest BCUT2D eigenvalue weighted by atomic mass is 16.5. The predicted octanol–water partition coefficient (Wildman–Crippen LogP) is 3.55. The summed E-state index contributed by atoms with van der Waals surface area (Å²) in [6, 6.07) is 16.6. The van der Waals surface area contributed by atoms with Crippen molar-refractivity contribution in [1.29, 1.82) is 0 Å². The fourth-order valence-electron chi connectivity index (χ4n) is 2.71. The first-order chi connectivity index (χ1) is 10.3. The van der Waals surface area contributed by atoms with Crippen LogP contribution in [0.4, 0.5) is 0 Å². The zero-order valence-electron chi connectivity index (χ0n) is 12.2. The number of methoxy groups -OCH3 is 1. The van der Waals surface area contributed by atoms with Crippen molar-refractivity contribution in [2.75, 3.05) is 14.2 Å². The molecule has 0 fully saturated rings. The average Bonchev–Trinajstić information content (AvgIpc) is 2.56. The molecule has 1 atom stereocenters. The lowest BCUT2D eigenvalue weighted by Crippen LogP contribution is -2.18. The minimum atomic E-state index is 0.105. The van der Waals surface area contributed by atoms with Crippen LogP contribution in [0.1, 0.15) is 17.2 Å². The fraction of sp³-hybridized carbons (Fsp3) is 0.167. The van der Waals surface area contributed by atoms with Gasteiger partial charge in [0.05, 0.1) is 13.2 Å². The lowest BCUT2D eigenvalue weighted by atomic mass is 9.94. The van der Waals surface area contributed by atoms with Crippen molar-refractivity contribution in [3.05, 3.63) is 72.1 Å². The van der Waals surface area contributed by atoms with Gasteiger partial charge in [-0.25, -0.2) is 0 Å². The van der Waals surface area contributed by atoms with E-state index in [9.17, 15) is 0 Å². The highest BCUT2D eigenvalue weighted by molar-refractivity contribution is 5.85. The number of aromatic nitrogens is 1. The Bertz CT molecular complexity index is 750. The quantitative estimate of drug-likeness (QED) is 0.792. The van der Waals surface area contributed by atoms with E-state index in [4.69, 9.17) is 4.74 Å². The molecule has 0 aliphatic rings. The van der Waals surface area contributed by atoms with Gasteiger partial charge >= 0.3 is 0 Å². The zero-order chi connectivity index (χ0) is 14.7. The second-order valence-corrected chi connectivity index (χ2v) is 4.94. The minimum Gasteiger partial charge on any atom is -0.497 e. The molecule has 0 amide bonds. The van der Waals surface area contributed by atoms with Crippen molar-refractivity contribution in [2.45, 2.75) is 6.04 Å². The Morgan fingerprint density at radius 3 is 2.76 bits per heavy atom. The summed E-state index contributed by atoms with van der Waals surface area (Å²) in [4.78, 5) is 4.27. The summed E-state index contributed by atoms with van der Waals surface area (Å²) in [5, 5.41) is 5.76. The number of pyridine rings is 1. The van der Waals surface area contributed by atoms with E-state index in [2.05, 4.69) is 40.6 Å². The largest absolute Gasteiger partial charge is 0.497 e. The summed E-state index contributed by atoms with van der Waals surface area (Å²) < 4.78 is 5.33. The van der Waals surface area contributed by atoms with Crippen LogP contribution in [0.25, 0.3) is 10.8 Å². The monoisotopic (exact) mass is 278 g/mol. The molecule has 1 heterocycles. The Balaban J connectivity index is 2.13. The summed E-state index contributed by atoms with van der Waals surface area (Å²) in [5.41, 5.74) is 2.39. The summed E-state index contributed by atoms with van der Waals surface area (Å²) >= 11 is 0. The molecule has 3 nitrogen and oxygen atoms in total. The molecule has 2 aromatic carbocycles. The maximum Gasteiger partial charge on any atom is 0.119 e. The second kappa shape index (κ2) is 5.94. The van der Waals surface area contributed by atoms with Crippen LogP contribution in [-0.2, 0) is 0 Å². The number of nitrogens with zero attached hydrogens (tertiary/aromatic N) is 1. The normalized spacial score (nSPS) is 12.3. The average molecular weight is 278 g/mol. The molecule has 0 radical (unpaired) electrons. The molecule has 3 heteroatoms. The van der Waals surface area contributed by atoms with E-state index in [0.717, 1.165) is 5.75 Å². The van der Waals surface area contributed by atoms with Crippen molar-refractivity contribution in [3.8, 4) is 5.75 Å². The first-order valence-corrected chi connectivity index (χ1v) is 6.97. The molecule has 0 saturated heterocycles. The van der Waals surface area contributed by atoms with Gasteiger partial charge in [0.15, 0.2) is 0 Å². The highest BCUT2D eigenvalue weighted by Gasteiger charge is 2.15. The third-order valence-corrected chi connectivity index (χ3v) is 3.74. The van der Waals surface area contributed by atoms with Crippen LogP contribution in [0.2, 0.25) is 0 Å². The SMILES string of the molecule is CNC(c1cccc(OC)c1)c1cccc2ccncc12. The van der Waals surface area contributed by atoms with Gasteiger partial charge in [-0.15, -0.1) is 0 Å². The summed E-state index contributed by atoms with van der Waals surface area (Å²) in [7, 11) is 3.66. The molecule has 0 aliphatic carbocycles. The Kier molecular flexibility index (Phi) is 3.84. The van der Waals surface area contributed by atoms with Crippen LogP contribution in [0.5, 0.6) is 5.75 Å². The molecule has 0 saturated carbocycles. The van der Waals surface area contributed by atoms with Crippen LogP contribution in [-0.4, -0.2) is 19.1 Å². The molecule has 3 aromatic rings. The van der Waals surface area contributed by atoms with Crippen LogP contribution in [0.15, 0.2) is 60.9 Å². The zero-order valence-corrected chi connectivity index (χ0v) is 12.2. The van der Waals surface area contributed by atoms with Crippen LogP contribution < -0.4 is 10.1 Å². The second-order valence-electron chi connectivity index (χ2n) is 4.94. The highest BCUT2D eigenvalue weighted by Crippen LogP contribution is 2.29. The molecular weight excluding hydrogens is 260 g/mol. The van der Waals surface area contributed by atoms with Crippen molar-refractivity contribution < 1.29 is 4.74 Å². The van der Waals surface area contributed by atoms with Crippen LogP contribution in [0.3, 0.4) is 0 Å². The van der Waals surface area contributed by atoms with E-state index in [0.29, 0.717) is 0 Å². The number of benzene rings is 2. The van der Waals surface area contributed by atoms with Gasteiger partial charge in [-0.1, -0.05) is 30.3 Å². The molecule has 1 aromatic heterocycles.